The average molecular weight is 207 g/mol. The molecule has 0 fully saturated rings. The van der Waals surface area contributed by atoms with Crippen LogP contribution in [0.2, 0.25) is 0 Å². The zero-order chi connectivity index (χ0) is 9.97. The van der Waals surface area contributed by atoms with E-state index in [2.05, 4.69) is 0 Å². The normalized spacial score (nSPS) is 14.7. The molecule has 1 aromatic rings. The number of nitrogens with zero attached hydrogens (tertiary/aromatic N) is 1. The largest absolute Gasteiger partial charge is 0.478 e. The van der Waals surface area contributed by atoms with E-state index in [1.807, 2.05) is 27.9 Å². The molecule has 1 N–H and O–H groups in total. The van der Waals surface area contributed by atoms with Gasteiger partial charge in [-0.3, -0.25) is 0 Å². The Balaban J connectivity index is 2.36. The molecule has 0 bridgehead atoms. The van der Waals surface area contributed by atoms with Crippen LogP contribution in [0.3, 0.4) is 0 Å². The topological polar surface area (TPSA) is 40.5 Å². The van der Waals surface area contributed by atoms with E-state index < -0.39 is 5.97 Å². The highest BCUT2D eigenvalue weighted by atomic mass is 32.2. The number of para-hydroxylation sites is 1. The molecule has 14 heavy (non-hydrogen) atoms. The Hall–Kier alpha value is -1.42. The molecule has 0 saturated heterocycles. The molecular weight excluding hydrogens is 198 g/mol. The Bertz CT molecular complexity index is 381. The number of hydrogen-bond acceptors (Lipinski definition) is 3. The van der Waals surface area contributed by atoms with E-state index in [1.54, 1.807) is 12.1 Å². The molecule has 1 heterocycles. The van der Waals surface area contributed by atoms with Gasteiger partial charge in [0.1, 0.15) is 0 Å². The van der Waals surface area contributed by atoms with Crippen LogP contribution < -0.4 is 4.31 Å². The molecule has 72 valence electrons. The van der Waals surface area contributed by atoms with Crippen molar-refractivity contribution >= 4 is 23.6 Å². The molecule has 0 unspecified atom stereocenters. The third kappa shape index (κ3) is 1.61. The lowest BCUT2D eigenvalue weighted by molar-refractivity contribution is 0.0698. The van der Waals surface area contributed by atoms with Crippen molar-refractivity contribution < 1.29 is 9.90 Å². The van der Waals surface area contributed by atoms with Crippen molar-refractivity contribution in [2.45, 2.75) is 0 Å². The van der Waals surface area contributed by atoms with Crippen molar-refractivity contribution in [3.63, 3.8) is 0 Å². The monoisotopic (exact) mass is 207 g/mol. The summed E-state index contributed by atoms with van der Waals surface area (Å²) in [4.78, 5) is 10.9. The maximum Gasteiger partial charge on any atom is 0.337 e. The van der Waals surface area contributed by atoms with E-state index in [0.717, 1.165) is 12.2 Å². The van der Waals surface area contributed by atoms with Crippen LogP contribution in [-0.2, 0) is 0 Å². The van der Waals surface area contributed by atoms with E-state index in [0.29, 0.717) is 5.56 Å². The number of carboxylic acid groups (broad SMARTS) is 1. The van der Waals surface area contributed by atoms with Gasteiger partial charge in [0.2, 0.25) is 0 Å². The molecule has 0 aliphatic carbocycles. The first-order valence-corrected chi connectivity index (χ1v) is 5.04. The van der Waals surface area contributed by atoms with Gasteiger partial charge < -0.3 is 9.41 Å². The predicted molar refractivity (Wildman–Crippen MR) is 57.5 cm³/mol. The third-order valence-corrected chi connectivity index (χ3v) is 2.87. The fraction of sp³-hybridized carbons (Fsp3) is 0.100. The highest BCUT2D eigenvalue weighted by Gasteiger charge is 2.16. The summed E-state index contributed by atoms with van der Waals surface area (Å²) >= 11 is 1.52. The van der Waals surface area contributed by atoms with Gasteiger partial charge in [-0.2, -0.15) is 0 Å². The van der Waals surface area contributed by atoms with Crippen LogP contribution in [0.1, 0.15) is 10.4 Å². The molecule has 0 spiro atoms. The molecule has 4 heteroatoms. The number of anilines is 1. The second kappa shape index (κ2) is 3.75. The molecule has 1 aliphatic heterocycles. The van der Waals surface area contributed by atoms with Crippen molar-refractivity contribution in [1.82, 2.24) is 0 Å². The lowest BCUT2D eigenvalue weighted by Gasteiger charge is -2.17. The van der Waals surface area contributed by atoms with Crippen molar-refractivity contribution in [1.29, 1.82) is 0 Å². The minimum atomic E-state index is -0.881. The Morgan fingerprint density at radius 3 is 2.86 bits per heavy atom. The van der Waals surface area contributed by atoms with Crippen LogP contribution in [0, 0.1) is 0 Å². The van der Waals surface area contributed by atoms with E-state index in [4.69, 9.17) is 5.11 Å². The van der Waals surface area contributed by atoms with Crippen molar-refractivity contribution in [3.05, 3.63) is 41.3 Å². The summed E-state index contributed by atoms with van der Waals surface area (Å²) in [5.41, 5.74) is 1.11. The van der Waals surface area contributed by atoms with Crippen LogP contribution in [0.25, 0.3) is 0 Å². The van der Waals surface area contributed by atoms with E-state index in [-0.39, 0.29) is 0 Å². The number of hydrogen-bond donors (Lipinski definition) is 1. The first kappa shape index (κ1) is 9.15. The number of benzene rings is 1. The molecule has 0 saturated carbocycles. The molecule has 0 aromatic heterocycles. The van der Waals surface area contributed by atoms with Gasteiger partial charge in [0.25, 0.3) is 0 Å². The Morgan fingerprint density at radius 1 is 1.43 bits per heavy atom. The molecule has 1 aromatic carbocycles. The second-order valence-corrected chi connectivity index (χ2v) is 3.78. The second-order valence-electron chi connectivity index (χ2n) is 2.86. The first-order valence-electron chi connectivity index (χ1n) is 4.20. The van der Waals surface area contributed by atoms with E-state index >= 15 is 0 Å². The van der Waals surface area contributed by atoms with Gasteiger partial charge in [-0.05, 0) is 29.5 Å². The molecule has 0 amide bonds. The van der Waals surface area contributed by atoms with E-state index in [9.17, 15) is 4.79 Å². The van der Waals surface area contributed by atoms with Crippen molar-refractivity contribution in [3.8, 4) is 0 Å². The quantitative estimate of drug-likeness (QED) is 0.756. The molecule has 1 aliphatic rings. The highest BCUT2D eigenvalue weighted by molar-refractivity contribution is 8.03. The zero-order valence-corrected chi connectivity index (χ0v) is 8.20. The molecule has 0 atom stereocenters. The van der Waals surface area contributed by atoms with Crippen LogP contribution in [0.4, 0.5) is 5.69 Å². The fourth-order valence-corrected chi connectivity index (χ4v) is 2.09. The standard InChI is InChI=1S/C10H9NO2S/c12-10(13)8-4-1-2-5-9(8)11-6-3-7-14-11/h1-5,7H,6H2,(H,12,13). The highest BCUT2D eigenvalue weighted by Crippen LogP contribution is 2.30. The predicted octanol–water partition coefficient (Wildman–Crippen LogP) is 2.37. The Morgan fingerprint density at radius 2 is 2.21 bits per heavy atom. The number of carbonyl (C=O) groups is 1. The van der Waals surface area contributed by atoms with Crippen molar-refractivity contribution in [2.75, 3.05) is 10.8 Å². The van der Waals surface area contributed by atoms with E-state index in [1.165, 1.54) is 11.9 Å². The minimum absolute atomic E-state index is 0.351. The smallest absolute Gasteiger partial charge is 0.337 e. The maximum absolute atomic E-state index is 10.9. The third-order valence-electron chi connectivity index (χ3n) is 1.96. The summed E-state index contributed by atoms with van der Waals surface area (Å²) in [7, 11) is 0. The summed E-state index contributed by atoms with van der Waals surface area (Å²) in [6.45, 7) is 0.759. The lowest BCUT2D eigenvalue weighted by atomic mass is 10.2. The lowest BCUT2D eigenvalue weighted by Crippen LogP contribution is -2.13. The van der Waals surface area contributed by atoms with Crippen LogP contribution in [0.15, 0.2) is 35.7 Å². The summed E-state index contributed by atoms with van der Waals surface area (Å²) in [6, 6.07) is 7.03. The SMILES string of the molecule is O=C(O)c1ccccc1N1CC=CS1. The number of carboxylic acids is 1. The average Bonchev–Trinajstić information content (AvgIpc) is 2.70. The van der Waals surface area contributed by atoms with Crippen LogP contribution >= 0.6 is 11.9 Å². The molecule has 0 radical (unpaired) electrons. The van der Waals surface area contributed by atoms with Crippen molar-refractivity contribution in [2.24, 2.45) is 0 Å². The summed E-state index contributed by atoms with van der Waals surface area (Å²) < 4.78 is 1.95. The summed E-state index contributed by atoms with van der Waals surface area (Å²) in [5.74, 6) is -0.881. The van der Waals surface area contributed by atoms with Crippen LogP contribution in [-0.4, -0.2) is 17.6 Å². The maximum atomic E-state index is 10.9. The fourth-order valence-electron chi connectivity index (χ4n) is 1.33. The first-order chi connectivity index (χ1) is 6.79. The van der Waals surface area contributed by atoms with Gasteiger partial charge in [-0.25, -0.2) is 4.79 Å². The van der Waals surface area contributed by atoms with Crippen LogP contribution in [0.5, 0.6) is 0 Å². The zero-order valence-electron chi connectivity index (χ0n) is 7.38. The minimum Gasteiger partial charge on any atom is -0.478 e. The van der Waals surface area contributed by atoms with Gasteiger partial charge in [-0.1, -0.05) is 18.2 Å². The summed E-state index contributed by atoms with van der Waals surface area (Å²) in [6.07, 6.45) is 2.00. The Labute approximate surface area is 86.2 Å². The molecular formula is C10H9NO2S. The number of aromatic carboxylic acids is 1. The Kier molecular flexibility index (Phi) is 2.45. The number of rotatable bonds is 2. The van der Waals surface area contributed by atoms with Gasteiger partial charge in [0.15, 0.2) is 0 Å². The van der Waals surface area contributed by atoms with Gasteiger partial charge in [-0.15, -0.1) is 0 Å². The molecule has 3 nitrogen and oxygen atoms in total. The van der Waals surface area contributed by atoms with Gasteiger partial charge >= 0.3 is 5.97 Å². The summed E-state index contributed by atoms with van der Waals surface area (Å²) in [5, 5.41) is 10.9. The molecule has 2 rings (SSSR count). The van der Waals surface area contributed by atoms with Gasteiger partial charge in [0.05, 0.1) is 11.3 Å². The van der Waals surface area contributed by atoms with Gasteiger partial charge in [0, 0.05) is 6.54 Å².